The monoisotopic (exact) mass is 424 g/mol. The van der Waals surface area contributed by atoms with Gasteiger partial charge in [-0.2, -0.15) is 0 Å². The number of ether oxygens (including phenoxy) is 3. The molecular formula is C23H25FN4O3. The molecule has 1 fully saturated rings. The molecule has 0 unspecified atom stereocenters. The molecule has 0 atom stereocenters. The van der Waals surface area contributed by atoms with Crippen molar-refractivity contribution in [1.29, 1.82) is 0 Å². The number of hydrogen-bond acceptors (Lipinski definition) is 7. The van der Waals surface area contributed by atoms with Gasteiger partial charge in [0.1, 0.15) is 18.5 Å². The van der Waals surface area contributed by atoms with Gasteiger partial charge in [-0.05, 0) is 42.5 Å². The van der Waals surface area contributed by atoms with Gasteiger partial charge in [0, 0.05) is 42.9 Å². The Hall–Kier alpha value is -3.23. The molecular weight excluding hydrogens is 399 g/mol. The summed E-state index contributed by atoms with van der Waals surface area (Å²) in [6.07, 6.45) is 3.69. The number of hydrogen-bond donors (Lipinski definition) is 2. The van der Waals surface area contributed by atoms with Gasteiger partial charge >= 0.3 is 0 Å². The summed E-state index contributed by atoms with van der Waals surface area (Å²) in [5, 5.41) is 3.09. The average Bonchev–Trinajstić information content (AvgIpc) is 2.81. The fourth-order valence-corrected chi connectivity index (χ4v) is 3.26. The zero-order chi connectivity index (χ0) is 21.5. The summed E-state index contributed by atoms with van der Waals surface area (Å²) in [7, 11) is 0. The maximum absolute atomic E-state index is 13.9. The number of halogens is 1. The topological polar surface area (TPSA) is 91.5 Å². The lowest BCUT2D eigenvalue weighted by Gasteiger charge is -2.23. The molecule has 162 valence electrons. The summed E-state index contributed by atoms with van der Waals surface area (Å²) >= 11 is 0. The standard InChI is InChI=1S/C23H25FN4O3/c24-20-6-3-17(15-22(20)30-14-10-25)27-23-26-11-7-21(28-23)16-1-4-18(5-2-16)31-19-8-12-29-13-9-19/h1-7,11,15,19H,8-10,12-14,25H2,(H,26,27,28). The number of rotatable bonds is 8. The lowest BCUT2D eigenvalue weighted by atomic mass is 10.1. The molecule has 0 amide bonds. The van der Waals surface area contributed by atoms with Gasteiger partial charge in [-0.3, -0.25) is 0 Å². The molecule has 2 aromatic carbocycles. The van der Waals surface area contributed by atoms with Gasteiger partial charge in [0.15, 0.2) is 11.6 Å². The van der Waals surface area contributed by atoms with Crippen molar-refractivity contribution in [3.05, 3.63) is 60.5 Å². The summed E-state index contributed by atoms with van der Waals surface area (Å²) in [5.74, 6) is 0.916. The highest BCUT2D eigenvalue weighted by Gasteiger charge is 2.15. The Bertz CT molecular complexity index is 994. The Kier molecular flexibility index (Phi) is 6.91. The second-order valence-electron chi connectivity index (χ2n) is 7.13. The van der Waals surface area contributed by atoms with Gasteiger partial charge < -0.3 is 25.3 Å². The van der Waals surface area contributed by atoms with Crippen molar-refractivity contribution in [3.8, 4) is 22.8 Å². The van der Waals surface area contributed by atoms with E-state index in [2.05, 4.69) is 15.3 Å². The normalized spacial score (nSPS) is 14.3. The lowest BCUT2D eigenvalue weighted by Crippen LogP contribution is -2.25. The number of nitrogens with two attached hydrogens (primary N) is 1. The van der Waals surface area contributed by atoms with E-state index in [0.29, 0.717) is 18.2 Å². The van der Waals surface area contributed by atoms with E-state index in [0.717, 1.165) is 43.1 Å². The Morgan fingerprint density at radius 3 is 2.68 bits per heavy atom. The van der Waals surface area contributed by atoms with Crippen molar-refractivity contribution < 1.29 is 18.6 Å². The zero-order valence-corrected chi connectivity index (χ0v) is 17.1. The molecule has 0 aliphatic carbocycles. The van der Waals surface area contributed by atoms with Crippen LogP contribution in [0.2, 0.25) is 0 Å². The van der Waals surface area contributed by atoms with Crippen LogP contribution in [0.3, 0.4) is 0 Å². The quantitative estimate of drug-likeness (QED) is 0.566. The van der Waals surface area contributed by atoms with Crippen molar-refractivity contribution in [2.45, 2.75) is 18.9 Å². The van der Waals surface area contributed by atoms with Gasteiger partial charge in [-0.25, -0.2) is 14.4 Å². The Morgan fingerprint density at radius 2 is 1.90 bits per heavy atom. The second kappa shape index (κ2) is 10.2. The largest absolute Gasteiger partial charge is 0.490 e. The van der Waals surface area contributed by atoms with Crippen LogP contribution in [0.15, 0.2) is 54.7 Å². The number of nitrogens with zero attached hydrogens (tertiary/aromatic N) is 2. The van der Waals surface area contributed by atoms with Crippen molar-refractivity contribution in [2.75, 3.05) is 31.7 Å². The van der Waals surface area contributed by atoms with Crippen LogP contribution < -0.4 is 20.5 Å². The van der Waals surface area contributed by atoms with Gasteiger partial charge in [0.05, 0.1) is 18.9 Å². The number of benzene rings is 2. The Balaban J connectivity index is 1.44. The Morgan fingerprint density at radius 1 is 1.10 bits per heavy atom. The predicted molar refractivity (Wildman–Crippen MR) is 116 cm³/mol. The third kappa shape index (κ3) is 5.68. The molecule has 8 heteroatoms. The number of aromatic nitrogens is 2. The second-order valence-corrected chi connectivity index (χ2v) is 7.13. The first-order valence-corrected chi connectivity index (χ1v) is 10.3. The maximum atomic E-state index is 13.9. The smallest absolute Gasteiger partial charge is 0.227 e. The number of nitrogens with one attached hydrogen (secondary N) is 1. The van der Waals surface area contributed by atoms with Crippen LogP contribution in [-0.2, 0) is 4.74 Å². The highest BCUT2D eigenvalue weighted by Crippen LogP contribution is 2.26. The van der Waals surface area contributed by atoms with Gasteiger partial charge in [-0.1, -0.05) is 0 Å². The van der Waals surface area contributed by atoms with Crippen LogP contribution in [0.5, 0.6) is 11.5 Å². The molecule has 1 aliphatic rings. The third-order valence-electron chi connectivity index (χ3n) is 4.84. The summed E-state index contributed by atoms with van der Waals surface area (Å²) in [4.78, 5) is 8.82. The van der Waals surface area contributed by atoms with E-state index in [1.807, 2.05) is 30.3 Å². The van der Waals surface area contributed by atoms with Crippen LogP contribution in [0.4, 0.5) is 16.0 Å². The molecule has 3 aromatic rings. The maximum Gasteiger partial charge on any atom is 0.227 e. The van der Waals surface area contributed by atoms with Crippen LogP contribution in [0.25, 0.3) is 11.3 Å². The summed E-state index contributed by atoms with van der Waals surface area (Å²) in [6.45, 7) is 2.03. The molecule has 31 heavy (non-hydrogen) atoms. The van der Waals surface area contributed by atoms with Crippen LogP contribution in [0.1, 0.15) is 12.8 Å². The lowest BCUT2D eigenvalue weighted by molar-refractivity contribution is 0.0256. The fourth-order valence-electron chi connectivity index (χ4n) is 3.26. The van der Waals surface area contributed by atoms with Gasteiger partial charge in [0.25, 0.3) is 0 Å². The highest BCUT2D eigenvalue weighted by atomic mass is 19.1. The fraction of sp³-hybridized carbons (Fsp3) is 0.304. The molecule has 1 saturated heterocycles. The molecule has 1 aliphatic heterocycles. The molecule has 7 nitrogen and oxygen atoms in total. The minimum absolute atomic E-state index is 0.131. The molecule has 0 spiro atoms. The minimum Gasteiger partial charge on any atom is -0.490 e. The molecule has 2 heterocycles. The molecule has 4 rings (SSSR count). The first-order valence-electron chi connectivity index (χ1n) is 10.3. The molecule has 3 N–H and O–H groups in total. The van der Waals surface area contributed by atoms with Crippen LogP contribution >= 0.6 is 0 Å². The van der Waals surface area contributed by atoms with Crippen LogP contribution in [0, 0.1) is 5.82 Å². The van der Waals surface area contributed by atoms with Crippen LogP contribution in [-0.4, -0.2) is 42.4 Å². The number of anilines is 2. The van der Waals surface area contributed by atoms with Crippen molar-refractivity contribution in [2.24, 2.45) is 5.73 Å². The predicted octanol–water partition coefficient (Wildman–Crippen LogP) is 3.92. The molecule has 0 saturated carbocycles. The summed E-state index contributed by atoms with van der Waals surface area (Å²) in [5.41, 5.74) is 7.74. The van der Waals surface area contributed by atoms with Gasteiger partial charge in [-0.15, -0.1) is 0 Å². The van der Waals surface area contributed by atoms with Crippen molar-refractivity contribution in [1.82, 2.24) is 9.97 Å². The Labute approximate surface area is 180 Å². The van der Waals surface area contributed by atoms with E-state index in [4.69, 9.17) is 19.9 Å². The van der Waals surface area contributed by atoms with E-state index in [1.54, 1.807) is 18.3 Å². The SMILES string of the molecule is NCCOc1cc(Nc2nccc(-c3ccc(OC4CCOCC4)cc3)n2)ccc1F. The molecule has 0 radical (unpaired) electrons. The minimum atomic E-state index is -0.447. The van der Waals surface area contributed by atoms with Crippen molar-refractivity contribution in [3.63, 3.8) is 0 Å². The van der Waals surface area contributed by atoms with Gasteiger partial charge in [0.2, 0.25) is 5.95 Å². The first-order chi connectivity index (χ1) is 15.2. The third-order valence-corrected chi connectivity index (χ3v) is 4.84. The van der Waals surface area contributed by atoms with E-state index in [-0.39, 0.29) is 18.5 Å². The zero-order valence-electron chi connectivity index (χ0n) is 17.1. The molecule has 1 aromatic heterocycles. The molecule has 0 bridgehead atoms. The summed E-state index contributed by atoms with van der Waals surface area (Å²) < 4.78 is 30.6. The van der Waals surface area contributed by atoms with E-state index in [9.17, 15) is 4.39 Å². The average molecular weight is 424 g/mol. The highest BCUT2D eigenvalue weighted by molar-refractivity contribution is 5.63. The van der Waals surface area contributed by atoms with E-state index < -0.39 is 5.82 Å². The van der Waals surface area contributed by atoms with E-state index in [1.165, 1.54) is 6.07 Å². The first kappa shape index (κ1) is 21.0. The van der Waals surface area contributed by atoms with Crippen molar-refractivity contribution >= 4 is 11.6 Å². The summed E-state index contributed by atoms with van der Waals surface area (Å²) in [6, 6.07) is 14.2. The van der Waals surface area contributed by atoms with E-state index >= 15 is 0 Å².